The summed E-state index contributed by atoms with van der Waals surface area (Å²) in [5, 5.41) is 4.41. The predicted octanol–water partition coefficient (Wildman–Crippen LogP) is 3.76. The maximum atomic E-state index is 5.97. The molecule has 18 heavy (non-hydrogen) atoms. The first-order chi connectivity index (χ1) is 8.75. The number of halogens is 2. The van der Waals surface area contributed by atoms with E-state index in [0.29, 0.717) is 28.9 Å². The van der Waals surface area contributed by atoms with Crippen LogP contribution in [0.2, 0.25) is 10.0 Å². The van der Waals surface area contributed by atoms with Gasteiger partial charge in [-0.1, -0.05) is 23.2 Å². The van der Waals surface area contributed by atoms with Crippen LogP contribution in [-0.4, -0.2) is 13.2 Å². The molecule has 0 aliphatic carbocycles. The highest BCUT2D eigenvalue weighted by atomic mass is 35.5. The summed E-state index contributed by atoms with van der Waals surface area (Å²) < 4.78 is 10.5. The Morgan fingerprint density at radius 2 is 2.11 bits per heavy atom. The number of nitrogens with one attached hydrogen (secondary N) is 1. The number of benzene rings is 1. The first-order valence-corrected chi connectivity index (χ1v) is 6.31. The lowest BCUT2D eigenvalue weighted by atomic mass is 10.3. The van der Waals surface area contributed by atoms with Crippen molar-refractivity contribution in [3.05, 3.63) is 52.4 Å². The zero-order chi connectivity index (χ0) is 12.8. The van der Waals surface area contributed by atoms with E-state index in [1.54, 1.807) is 30.7 Å². The summed E-state index contributed by atoms with van der Waals surface area (Å²) >= 11 is 11.8. The smallest absolute Gasteiger partial charge is 0.139 e. The van der Waals surface area contributed by atoms with Crippen LogP contribution in [0.1, 0.15) is 5.56 Å². The molecule has 2 rings (SSSR count). The van der Waals surface area contributed by atoms with Crippen LogP contribution in [-0.2, 0) is 6.54 Å². The van der Waals surface area contributed by atoms with Gasteiger partial charge >= 0.3 is 0 Å². The maximum absolute atomic E-state index is 5.97. The molecule has 0 saturated heterocycles. The first-order valence-electron chi connectivity index (χ1n) is 5.55. The molecule has 0 amide bonds. The second-order valence-corrected chi connectivity index (χ2v) is 4.58. The normalized spacial score (nSPS) is 10.6. The van der Waals surface area contributed by atoms with Crippen molar-refractivity contribution >= 4 is 23.2 Å². The number of furan rings is 1. The Labute approximate surface area is 116 Å². The lowest BCUT2D eigenvalue weighted by Crippen LogP contribution is -2.20. The van der Waals surface area contributed by atoms with Crippen molar-refractivity contribution in [3.63, 3.8) is 0 Å². The molecule has 0 bridgehead atoms. The second kappa shape index (κ2) is 6.69. The molecule has 0 aliphatic rings. The highest BCUT2D eigenvalue weighted by Gasteiger charge is 2.02. The Morgan fingerprint density at radius 1 is 1.22 bits per heavy atom. The number of ether oxygens (including phenoxy) is 1. The van der Waals surface area contributed by atoms with Gasteiger partial charge < -0.3 is 14.5 Å². The summed E-state index contributed by atoms with van der Waals surface area (Å²) in [5.41, 5.74) is 1.11. The molecular weight excluding hydrogens is 273 g/mol. The van der Waals surface area contributed by atoms with Crippen LogP contribution < -0.4 is 10.1 Å². The summed E-state index contributed by atoms with van der Waals surface area (Å²) in [4.78, 5) is 0. The number of rotatable bonds is 6. The summed E-state index contributed by atoms with van der Waals surface area (Å²) in [6.45, 7) is 2.00. The van der Waals surface area contributed by atoms with Crippen LogP contribution in [0.25, 0.3) is 0 Å². The lowest BCUT2D eigenvalue weighted by Gasteiger charge is -2.08. The molecule has 2 aromatic rings. The molecule has 0 radical (unpaired) electrons. The van der Waals surface area contributed by atoms with Crippen molar-refractivity contribution in [2.24, 2.45) is 0 Å². The predicted molar refractivity (Wildman–Crippen MR) is 72.4 cm³/mol. The molecule has 1 aromatic carbocycles. The van der Waals surface area contributed by atoms with Gasteiger partial charge in [0.05, 0.1) is 17.5 Å². The van der Waals surface area contributed by atoms with Gasteiger partial charge in [-0.15, -0.1) is 0 Å². The van der Waals surface area contributed by atoms with E-state index in [-0.39, 0.29) is 0 Å². The van der Waals surface area contributed by atoms with Crippen LogP contribution in [0.3, 0.4) is 0 Å². The van der Waals surface area contributed by atoms with Crippen LogP contribution >= 0.6 is 23.2 Å². The molecule has 0 unspecified atom stereocenters. The Bertz CT molecular complexity index is 486. The Hall–Kier alpha value is -1.16. The third-order valence-corrected chi connectivity index (χ3v) is 2.89. The maximum Gasteiger partial charge on any atom is 0.139 e. The third kappa shape index (κ3) is 3.95. The second-order valence-electron chi connectivity index (χ2n) is 3.73. The minimum atomic E-state index is 0.526. The van der Waals surface area contributed by atoms with Crippen LogP contribution in [0, 0.1) is 0 Å². The molecule has 0 aliphatic heterocycles. The van der Waals surface area contributed by atoms with Gasteiger partial charge in [-0.3, -0.25) is 0 Å². The van der Waals surface area contributed by atoms with Crippen molar-refractivity contribution in [3.8, 4) is 5.75 Å². The Kier molecular flexibility index (Phi) is 4.93. The van der Waals surface area contributed by atoms with Gasteiger partial charge in [-0.2, -0.15) is 0 Å². The van der Waals surface area contributed by atoms with E-state index in [1.165, 1.54) is 0 Å². The van der Waals surface area contributed by atoms with E-state index < -0.39 is 0 Å². The molecule has 3 nitrogen and oxygen atoms in total. The van der Waals surface area contributed by atoms with Crippen LogP contribution in [0.5, 0.6) is 5.75 Å². The number of hydrogen-bond donors (Lipinski definition) is 1. The van der Waals surface area contributed by atoms with Crippen molar-refractivity contribution in [2.75, 3.05) is 13.2 Å². The van der Waals surface area contributed by atoms with Gasteiger partial charge in [0.25, 0.3) is 0 Å². The zero-order valence-electron chi connectivity index (χ0n) is 9.66. The molecule has 5 heteroatoms. The molecule has 96 valence electrons. The van der Waals surface area contributed by atoms with Gasteiger partial charge in [-0.05, 0) is 18.2 Å². The van der Waals surface area contributed by atoms with E-state index in [9.17, 15) is 0 Å². The summed E-state index contributed by atoms with van der Waals surface area (Å²) in [7, 11) is 0. The van der Waals surface area contributed by atoms with E-state index in [1.807, 2.05) is 6.07 Å². The quantitative estimate of drug-likeness (QED) is 0.821. The zero-order valence-corrected chi connectivity index (χ0v) is 11.2. The average Bonchev–Trinajstić information content (AvgIpc) is 2.86. The first kappa shape index (κ1) is 13.3. The van der Waals surface area contributed by atoms with E-state index in [0.717, 1.165) is 12.1 Å². The highest BCUT2D eigenvalue weighted by Crippen LogP contribution is 2.27. The Balaban J connectivity index is 1.70. The summed E-state index contributed by atoms with van der Waals surface area (Å²) in [6.07, 6.45) is 3.36. The van der Waals surface area contributed by atoms with E-state index in [2.05, 4.69) is 5.32 Å². The average molecular weight is 286 g/mol. The minimum Gasteiger partial charge on any atom is -0.491 e. The molecule has 1 heterocycles. The summed E-state index contributed by atoms with van der Waals surface area (Å²) in [5.74, 6) is 0.606. The van der Waals surface area contributed by atoms with Gasteiger partial charge in [0.1, 0.15) is 12.4 Å². The monoisotopic (exact) mass is 285 g/mol. The molecule has 1 N–H and O–H groups in total. The summed E-state index contributed by atoms with van der Waals surface area (Å²) in [6, 6.07) is 7.08. The molecule has 0 spiro atoms. The number of hydrogen-bond acceptors (Lipinski definition) is 3. The molecular formula is C13H13Cl2NO2. The molecule has 0 saturated carbocycles. The minimum absolute atomic E-state index is 0.526. The van der Waals surface area contributed by atoms with Crippen molar-refractivity contribution in [1.29, 1.82) is 0 Å². The van der Waals surface area contributed by atoms with E-state index >= 15 is 0 Å². The van der Waals surface area contributed by atoms with Gasteiger partial charge in [-0.25, -0.2) is 0 Å². The van der Waals surface area contributed by atoms with E-state index in [4.69, 9.17) is 32.4 Å². The van der Waals surface area contributed by atoms with Gasteiger partial charge in [0.15, 0.2) is 0 Å². The lowest BCUT2D eigenvalue weighted by molar-refractivity contribution is 0.314. The fourth-order valence-corrected chi connectivity index (χ4v) is 1.78. The fourth-order valence-electron chi connectivity index (χ4n) is 1.45. The highest BCUT2D eigenvalue weighted by molar-refractivity contribution is 6.34. The van der Waals surface area contributed by atoms with Gasteiger partial charge in [0, 0.05) is 29.7 Å². The van der Waals surface area contributed by atoms with Crippen LogP contribution in [0.4, 0.5) is 0 Å². The van der Waals surface area contributed by atoms with Gasteiger partial charge in [0.2, 0.25) is 0 Å². The van der Waals surface area contributed by atoms with Crippen molar-refractivity contribution in [2.45, 2.75) is 6.54 Å². The fraction of sp³-hybridized carbons (Fsp3) is 0.231. The van der Waals surface area contributed by atoms with Crippen molar-refractivity contribution in [1.82, 2.24) is 5.32 Å². The standard InChI is InChI=1S/C13H13Cl2NO2/c14-11-1-2-12(15)13(7-11)18-6-4-16-8-10-3-5-17-9-10/h1-3,5,7,9,16H,4,6,8H2. The molecule has 1 aromatic heterocycles. The topological polar surface area (TPSA) is 34.4 Å². The SMILES string of the molecule is Clc1ccc(Cl)c(OCCNCc2ccoc2)c1. The van der Waals surface area contributed by atoms with Crippen molar-refractivity contribution < 1.29 is 9.15 Å². The molecule has 0 fully saturated rings. The Morgan fingerprint density at radius 3 is 2.89 bits per heavy atom. The largest absolute Gasteiger partial charge is 0.491 e. The van der Waals surface area contributed by atoms with Crippen LogP contribution in [0.15, 0.2) is 41.2 Å². The molecule has 0 atom stereocenters. The third-order valence-electron chi connectivity index (χ3n) is 2.34.